The van der Waals surface area contributed by atoms with Crippen LogP contribution in [0, 0.1) is 0 Å². The number of hydrogen-bond acceptors (Lipinski definition) is 2. The molecule has 0 atom stereocenters. The van der Waals surface area contributed by atoms with Crippen LogP contribution >= 0.6 is 15.9 Å². The molecule has 1 aliphatic heterocycles. The zero-order chi connectivity index (χ0) is 15.1. The lowest BCUT2D eigenvalue weighted by atomic mass is 10.1. The third-order valence-electron chi connectivity index (χ3n) is 2.84. The minimum Gasteiger partial charge on any atom is -0.351 e. The zero-order valence-electron chi connectivity index (χ0n) is 9.92. The normalized spacial score (nSPS) is 14.1. The molecule has 0 fully saturated rings. The minimum atomic E-state index is -4.98. The molecule has 2 rings (SSSR count). The Morgan fingerprint density at radius 1 is 1.35 bits per heavy atom. The fraction of sp³-hybridized carbons (Fsp3) is 0.273. The van der Waals surface area contributed by atoms with Crippen molar-refractivity contribution in [1.82, 2.24) is 0 Å². The number of alkyl halides is 3. The van der Waals surface area contributed by atoms with Gasteiger partial charge in [0.25, 0.3) is 0 Å². The zero-order valence-corrected chi connectivity index (χ0v) is 11.5. The lowest BCUT2D eigenvalue weighted by molar-refractivity contribution is -0.167. The van der Waals surface area contributed by atoms with Gasteiger partial charge in [-0.1, -0.05) is 15.9 Å². The largest absolute Gasteiger partial charge is 0.471 e. The maximum Gasteiger partial charge on any atom is 0.471 e. The number of carbonyl (C=O) groups excluding carboxylic acids is 2. The van der Waals surface area contributed by atoms with Crippen LogP contribution in [0.4, 0.5) is 29.3 Å². The lowest BCUT2D eigenvalue weighted by Crippen LogP contribution is -2.34. The van der Waals surface area contributed by atoms with E-state index in [1.165, 1.54) is 11.0 Å². The second kappa shape index (κ2) is 4.97. The van der Waals surface area contributed by atoms with Crippen molar-refractivity contribution in [3.05, 3.63) is 22.2 Å². The number of amides is 3. The van der Waals surface area contributed by atoms with Crippen molar-refractivity contribution in [2.24, 2.45) is 5.73 Å². The van der Waals surface area contributed by atoms with Gasteiger partial charge in [0, 0.05) is 22.3 Å². The predicted octanol–water partition coefficient (Wildman–Crippen LogP) is 2.39. The first-order valence-corrected chi connectivity index (χ1v) is 6.27. The highest BCUT2D eigenvalue weighted by atomic mass is 79.9. The third-order valence-corrected chi connectivity index (χ3v) is 3.30. The number of urea groups is 1. The van der Waals surface area contributed by atoms with E-state index in [0.717, 1.165) is 0 Å². The maximum atomic E-state index is 12.3. The van der Waals surface area contributed by atoms with Crippen LogP contribution in [0.15, 0.2) is 16.6 Å². The number of anilines is 2. The Bertz CT molecular complexity index is 589. The van der Waals surface area contributed by atoms with E-state index in [0.29, 0.717) is 22.1 Å². The van der Waals surface area contributed by atoms with E-state index < -0.39 is 18.1 Å². The second-order valence-corrected chi connectivity index (χ2v) is 5.06. The van der Waals surface area contributed by atoms with Crippen molar-refractivity contribution >= 4 is 39.2 Å². The Morgan fingerprint density at radius 2 is 2.00 bits per heavy atom. The van der Waals surface area contributed by atoms with E-state index >= 15 is 0 Å². The highest BCUT2D eigenvalue weighted by Gasteiger charge is 2.39. The van der Waals surface area contributed by atoms with Gasteiger partial charge in [0.2, 0.25) is 0 Å². The topological polar surface area (TPSA) is 75.4 Å². The molecule has 0 saturated carbocycles. The summed E-state index contributed by atoms with van der Waals surface area (Å²) in [5.41, 5.74) is 6.04. The number of nitrogens with two attached hydrogens (primary N) is 1. The molecule has 1 aliphatic rings. The molecule has 3 N–H and O–H groups in total. The minimum absolute atomic E-state index is 0.0143. The molecule has 5 nitrogen and oxygen atoms in total. The number of carbonyl (C=O) groups is 2. The Morgan fingerprint density at radius 3 is 2.55 bits per heavy atom. The fourth-order valence-corrected chi connectivity index (χ4v) is 2.45. The van der Waals surface area contributed by atoms with Crippen LogP contribution in [0.2, 0.25) is 0 Å². The van der Waals surface area contributed by atoms with Crippen LogP contribution in [-0.2, 0) is 11.2 Å². The van der Waals surface area contributed by atoms with Crippen molar-refractivity contribution < 1.29 is 22.8 Å². The van der Waals surface area contributed by atoms with Gasteiger partial charge in [-0.05, 0) is 18.6 Å². The maximum absolute atomic E-state index is 12.3. The van der Waals surface area contributed by atoms with Crippen LogP contribution in [0.5, 0.6) is 0 Å². The molecule has 3 amide bonds. The molecule has 9 heteroatoms. The highest BCUT2D eigenvalue weighted by Crippen LogP contribution is 2.37. The summed E-state index contributed by atoms with van der Waals surface area (Å²) in [6, 6.07) is 2.22. The molecule has 0 saturated heterocycles. The number of nitrogens with one attached hydrogen (secondary N) is 1. The summed E-state index contributed by atoms with van der Waals surface area (Å²) in [6.07, 6.45) is -4.66. The molecule has 0 radical (unpaired) electrons. The number of nitrogens with zero attached hydrogens (tertiary/aromatic N) is 1. The van der Waals surface area contributed by atoms with E-state index in [2.05, 4.69) is 15.9 Å². The quantitative estimate of drug-likeness (QED) is 0.815. The van der Waals surface area contributed by atoms with Crippen LogP contribution < -0.4 is 16.0 Å². The third kappa shape index (κ3) is 2.72. The molecule has 108 valence electrons. The SMILES string of the molecule is NC(=O)N1CCc2c(NC(=O)C(F)(F)F)cc(Br)cc21. The summed E-state index contributed by atoms with van der Waals surface area (Å²) in [4.78, 5) is 23.5. The molecular formula is C11H9BrF3N3O2. The van der Waals surface area contributed by atoms with Gasteiger partial charge in [0.05, 0.1) is 5.69 Å². The van der Waals surface area contributed by atoms with E-state index in [1.54, 1.807) is 6.07 Å². The Hall–Kier alpha value is -1.77. The first kappa shape index (κ1) is 14.6. The van der Waals surface area contributed by atoms with Gasteiger partial charge in [-0.2, -0.15) is 13.2 Å². The second-order valence-electron chi connectivity index (χ2n) is 4.14. The van der Waals surface area contributed by atoms with Crippen LogP contribution in [0.1, 0.15) is 5.56 Å². The summed E-state index contributed by atoms with van der Waals surface area (Å²) >= 11 is 3.12. The number of fused-ring (bicyclic) bond motifs is 1. The molecule has 1 aromatic rings. The molecule has 0 aromatic heterocycles. The summed E-state index contributed by atoms with van der Waals surface area (Å²) in [5.74, 6) is -2.06. The molecule has 1 aromatic carbocycles. The first-order chi connectivity index (χ1) is 9.20. The van der Waals surface area contributed by atoms with Gasteiger partial charge >= 0.3 is 18.1 Å². The van der Waals surface area contributed by atoms with Gasteiger partial charge in [0.1, 0.15) is 0 Å². The van der Waals surface area contributed by atoms with Crippen molar-refractivity contribution in [1.29, 1.82) is 0 Å². The Balaban J connectivity index is 2.39. The van der Waals surface area contributed by atoms with E-state index in [4.69, 9.17) is 5.73 Å². The summed E-state index contributed by atoms with van der Waals surface area (Å²) < 4.78 is 37.3. The molecule has 0 unspecified atom stereocenters. The number of hydrogen-bond donors (Lipinski definition) is 2. The average molecular weight is 352 g/mol. The summed E-state index contributed by atoms with van der Waals surface area (Å²) in [7, 11) is 0. The Labute approximate surface area is 120 Å². The fourth-order valence-electron chi connectivity index (χ4n) is 2.00. The van der Waals surface area contributed by atoms with Gasteiger partial charge in [0.15, 0.2) is 0 Å². The molecule has 0 spiro atoms. The van der Waals surface area contributed by atoms with Crippen molar-refractivity contribution in [2.45, 2.75) is 12.6 Å². The molecule has 1 heterocycles. The van der Waals surface area contributed by atoms with Crippen molar-refractivity contribution in [3.8, 4) is 0 Å². The monoisotopic (exact) mass is 351 g/mol. The number of halogens is 4. The van der Waals surface area contributed by atoms with E-state index in [9.17, 15) is 22.8 Å². The average Bonchev–Trinajstić information content (AvgIpc) is 2.71. The molecule has 20 heavy (non-hydrogen) atoms. The first-order valence-electron chi connectivity index (χ1n) is 5.47. The lowest BCUT2D eigenvalue weighted by Gasteiger charge is -2.16. The number of rotatable bonds is 1. The molecule has 0 aliphatic carbocycles. The summed E-state index contributed by atoms with van der Waals surface area (Å²) in [5, 5.41) is 1.81. The molecular weight excluding hydrogens is 343 g/mol. The van der Waals surface area contributed by atoms with Crippen molar-refractivity contribution in [2.75, 3.05) is 16.8 Å². The smallest absolute Gasteiger partial charge is 0.351 e. The standard InChI is InChI=1S/C11H9BrF3N3O2/c12-5-3-7(17-9(19)11(13,14)15)6-1-2-18(10(16)20)8(6)4-5/h3-4H,1-2H2,(H2,16,20)(H,17,19). The van der Waals surface area contributed by atoms with Crippen molar-refractivity contribution in [3.63, 3.8) is 0 Å². The van der Waals surface area contributed by atoms with Crippen LogP contribution in [0.25, 0.3) is 0 Å². The van der Waals surface area contributed by atoms with Gasteiger partial charge in [-0.25, -0.2) is 4.79 Å². The van der Waals surface area contributed by atoms with Crippen LogP contribution in [0.3, 0.4) is 0 Å². The highest BCUT2D eigenvalue weighted by molar-refractivity contribution is 9.10. The van der Waals surface area contributed by atoms with E-state index in [-0.39, 0.29) is 12.2 Å². The van der Waals surface area contributed by atoms with E-state index in [1.807, 2.05) is 5.32 Å². The van der Waals surface area contributed by atoms with Gasteiger partial charge < -0.3 is 11.1 Å². The predicted molar refractivity (Wildman–Crippen MR) is 69.5 cm³/mol. The van der Waals surface area contributed by atoms with Gasteiger partial charge in [-0.15, -0.1) is 0 Å². The molecule has 0 bridgehead atoms. The number of primary amides is 1. The van der Waals surface area contributed by atoms with Crippen LogP contribution in [-0.4, -0.2) is 24.7 Å². The summed E-state index contributed by atoms with van der Waals surface area (Å²) in [6.45, 7) is 0.260. The van der Waals surface area contributed by atoms with Gasteiger partial charge in [-0.3, -0.25) is 9.69 Å². The number of benzene rings is 1. The Kier molecular flexibility index (Phi) is 3.63.